The van der Waals surface area contributed by atoms with Crippen molar-refractivity contribution in [2.24, 2.45) is 5.92 Å². The van der Waals surface area contributed by atoms with E-state index in [0.717, 1.165) is 5.56 Å². The number of carbonyl (C=O) groups is 1. The van der Waals surface area contributed by atoms with Crippen molar-refractivity contribution >= 4 is 5.91 Å². The average molecular weight is 240 g/mol. The fraction of sp³-hybridized carbons (Fsp3) is 0.333. The van der Waals surface area contributed by atoms with E-state index in [1.165, 1.54) is 4.90 Å². The van der Waals surface area contributed by atoms with Gasteiger partial charge in [-0.05, 0) is 18.9 Å². The number of benzene rings is 1. The maximum atomic E-state index is 12.1. The molecule has 92 valence electrons. The number of hydrogen-bond acceptors (Lipinski definition) is 2. The molecule has 3 nitrogen and oxygen atoms in total. The normalized spacial score (nSPS) is 11.1. The number of nitrogens with zero attached hydrogens (tertiary/aromatic N) is 2. The monoisotopic (exact) mass is 240 g/mol. The predicted molar refractivity (Wildman–Crippen MR) is 70.3 cm³/mol. The minimum Gasteiger partial charge on any atom is -0.331 e. The van der Waals surface area contributed by atoms with E-state index in [9.17, 15) is 4.79 Å². The molecule has 1 rings (SSSR count). The Hall–Kier alpha value is -2.26. The number of amides is 1. The standard InChI is InChI=1S/C15H16N2O/c1-3-10-17(4-2)15(18)14(12-16)11-13-8-6-5-7-9-13/h1,5-9,14H,4,10-11H2,2H3. The summed E-state index contributed by atoms with van der Waals surface area (Å²) in [6.45, 7) is 2.63. The van der Waals surface area contributed by atoms with Crippen molar-refractivity contribution in [1.82, 2.24) is 4.90 Å². The lowest BCUT2D eigenvalue weighted by atomic mass is 9.99. The molecule has 0 saturated carbocycles. The van der Waals surface area contributed by atoms with Gasteiger partial charge in [0, 0.05) is 6.54 Å². The highest BCUT2D eigenvalue weighted by Gasteiger charge is 2.22. The second-order valence-corrected chi connectivity index (χ2v) is 3.93. The summed E-state index contributed by atoms with van der Waals surface area (Å²) in [5.74, 6) is 1.58. The van der Waals surface area contributed by atoms with Crippen LogP contribution in [0.25, 0.3) is 0 Å². The van der Waals surface area contributed by atoms with Crippen LogP contribution in [0.15, 0.2) is 30.3 Å². The van der Waals surface area contributed by atoms with Crippen LogP contribution < -0.4 is 0 Å². The molecule has 0 bridgehead atoms. The van der Waals surface area contributed by atoms with Crippen molar-refractivity contribution in [3.63, 3.8) is 0 Å². The number of terminal acetylenes is 1. The van der Waals surface area contributed by atoms with Crippen LogP contribution in [0.2, 0.25) is 0 Å². The van der Waals surface area contributed by atoms with Gasteiger partial charge in [-0.3, -0.25) is 4.79 Å². The average Bonchev–Trinajstić information content (AvgIpc) is 2.42. The molecule has 1 aromatic carbocycles. The van der Waals surface area contributed by atoms with Gasteiger partial charge in [-0.1, -0.05) is 36.3 Å². The van der Waals surface area contributed by atoms with E-state index < -0.39 is 5.92 Å². The van der Waals surface area contributed by atoms with Gasteiger partial charge in [0.1, 0.15) is 5.92 Å². The van der Waals surface area contributed by atoms with Crippen LogP contribution in [0, 0.1) is 29.6 Å². The lowest BCUT2D eigenvalue weighted by Gasteiger charge is -2.20. The summed E-state index contributed by atoms with van der Waals surface area (Å²) in [7, 11) is 0. The third-order valence-corrected chi connectivity index (χ3v) is 2.71. The first-order chi connectivity index (χ1) is 8.72. The minimum absolute atomic E-state index is 0.193. The molecular weight excluding hydrogens is 224 g/mol. The zero-order valence-electron chi connectivity index (χ0n) is 10.5. The summed E-state index contributed by atoms with van der Waals surface area (Å²) in [6.07, 6.45) is 5.64. The van der Waals surface area contributed by atoms with Gasteiger partial charge < -0.3 is 4.90 Å². The largest absolute Gasteiger partial charge is 0.331 e. The molecule has 1 amide bonds. The summed E-state index contributed by atoms with van der Waals surface area (Å²) in [5, 5.41) is 9.12. The van der Waals surface area contributed by atoms with Crippen molar-refractivity contribution in [3.05, 3.63) is 35.9 Å². The molecule has 0 spiro atoms. The molecule has 0 N–H and O–H groups in total. The zero-order valence-corrected chi connectivity index (χ0v) is 10.5. The number of carbonyl (C=O) groups excluding carboxylic acids is 1. The van der Waals surface area contributed by atoms with E-state index in [-0.39, 0.29) is 12.5 Å². The smallest absolute Gasteiger partial charge is 0.241 e. The predicted octanol–water partition coefficient (Wildman–Crippen LogP) is 1.85. The van der Waals surface area contributed by atoms with Gasteiger partial charge in [0.25, 0.3) is 0 Å². The molecule has 0 heterocycles. The quantitative estimate of drug-likeness (QED) is 0.737. The highest BCUT2D eigenvalue weighted by molar-refractivity contribution is 5.81. The van der Waals surface area contributed by atoms with Gasteiger partial charge in [0.15, 0.2) is 0 Å². The molecule has 1 unspecified atom stereocenters. The third kappa shape index (κ3) is 3.64. The molecule has 0 aliphatic rings. The molecule has 0 saturated heterocycles. The number of nitriles is 1. The summed E-state index contributed by atoms with van der Waals surface area (Å²) < 4.78 is 0. The highest BCUT2D eigenvalue weighted by atomic mass is 16.2. The van der Waals surface area contributed by atoms with E-state index in [4.69, 9.17) is 11.7 Å². The Morgan fingerprint density at radius 2 is 2.11 bits per heavy atom. The summed E-state index contributed by atoms with van der Waals surface area (Å²) in [5.41, 5.74) is 0.981. The SMILES string of the molecule is C#CCN(CC)C(=O)C(C#N)Cc1ccccc1. The molecule has 1 atom stereocenters. The second kappa shape index (κ2) is 7.14. The number of rotatable bonds is 5. The van der Waals surface area contributed by atoms with Gasteiger partial charge in [-0.15, -0.1) is 6.42 Å². The summed E-state index contributed by atoms with van der Waals surface area (Å²) in [6, 6.07) is 11.6. The van der Waals surface area contributed by atoms with Crippen molar-refractivity contribution in [1.29, 1.82) is 5.26 Å². The Bertz CT molecular complexity index is 468. The van der Waals surface area contributed by atoms with Gasteiger partial charge >= 0.3 is 0 Å². The van der Waals surface area contributed by atoms with Crippen LogP contribution in [-0.4, -0.2) is 23.9 Å². The van der Waals surface area contributed by atoms with E-state index in [1.54, 1.807) is 0 Å². The van der Waals surface area contributed by atoms with Crippen LogP contribution in [0.3, 0.4) is 0 Å². The molecule has 1 aromatic rings. The zero-order chi connectivity index (χ0) is 13.4. The lowest BCUT2D eigenvalue weighted by Crippen LogP contribution is -2.36. The minimum atomic E-state index is -0.666. The Labute approximate surface area is 108 Å². The van der Waals surface area contributed by atoms with E-state index in [2.05, 4.69) is 12.0 Å². The fourth-order valence-electron chi connectivity index (χ4n) is 1.71. The van der Waals surface area contributed by atoms with Crippen molar-refractivity contribution in [2.45, 2.75) is 13.3 Å². The van der Waals surface area contributed by atoms with Crippen LogP contribution in [0.4, 0.5) is 0 Å². The van der Waals surface area contributed by atoms with E-state index in [0.29, 0.717) is 13.0 Å². The third-order valence-electron chi connectivity index (χ3n) is 2.71. The molecule has 0 aromatic heterocycles. The molecule has 0 aliphatic carbocycles. The Morgan fingerprint density at radius 3 is 2.61 bits per heavy atom. The topological polar surface area (TPSA) is 44.1 Å². The lowest BCUT2D eigenvalue weighted by molar-refractivity contribution is -0.132. The van der Waals surface area contributed by atoms with Crippen LogP contribution in [0.5, 0.6) is 0 Å². The molecule has 0 fully saturated rings. The first-order valence-corrected chi connectivity index (χ1v) is 5.88. The van der Waals surface area contributed by atoms with Crippen molar-refractivity contribution < 1.29 is 4.79 Å². The summed E-state index contributed by atoms with van der Waals surface area (Å²) in [4.78, 5) is 13.6. The van der Waals surface area contributed by atoms with E-state index >= 15 is 0 Å². The van der Waals surface area contributed by atoms with Crippen LogP contribution in [-0.2, 0) is 11.2 Å². The molecule has 18 heavy (non-hydrogen) atoms. The molecule has 0 radical (unpaired) electrons. The van der Waals surface area contributed by atoms with Gasteiger partial charge in [-0.2, -0.15) is 5.26 Å². The molecular formula is C15H16N2O. The van der Waals surface area contributed by atoms with Gasteiger partial charge in [-0.25, -0.2) is 0 Å². The second-order valence-electron chi connectivity index (χ2n) is 3.93. The molecule has 0 aliphatic heterocycles. The van der Waals surface area contributed by atoms with Gasteiger partial charge in [0.05, 0.1) is 12.6 Å². The number of hydrogen-bond donors (Lipinski definition) is 0. The highest BCUT2D eigenvalue weighted by Crippen LogP contribution is 2.11. The Balaban J connectivity index is 2.75. The maximum Gasteiger partial charge on any atom is 0.241 e. The molecule has 3 heteroatoms. The Morgan fingerprint density at radius 1 is 1.44 bits per heavy atom. The van der Waals surface area contributed by atoms with Crippen LogP contribution in [0.1, 0.15) is 12.5 Å². The Kier molecular flexibility index (Phi) is 5.48. The first kappa shape index (κ1) is 13.8. The maximum absolute atomic E-state index is 12.1. The van der Waals surface area contributed by atoms with Crippen LogP contribution >= 0.6 is 0 Å². The van der Waals surface area contributed by atoms with Crippen molar-refractivity contribution in [2.75, 3.05) is 13.1 Å². The summed E-state index contributed by atoms with van der Waals surface area (Å²) >= 11 is 0. The van der Waals surface area contributed by atoms with E-state index in [1.807, 2.05) is 37.3 Å². The van der Waals surface area contributed by atoms with Gasteiger partial charge in [0.2, 0.25) is 5.91 Å². The van der Waals surface area contributed by atoms with Crippen molar-refractivity contribution in [3.8, 4) is 18.4 Å². The fourth-order valence-corrected chi connectivity index (χ4v) is 1.71. The first-order valence-electron chi connectivity index (χ1n) is 5.88.